The third kappa shape index (κ3) is 6.26. The smallest absolute Gasteiger partial charge is 0.234 e. The summed E-state index contributed by atoms with van der Waals surface area (Å²) in [5, 5.41) is 5.26. The van der Waals surface area contributed by atoms with E-state index in [1.807, 2.05) is 25.1 Å². The molecular weight excluding hydrogens is 404 g/mol. The molecule has 1 aliphatic heterocycles. The van der Waals surface area contributed by atoms with Gasteiger partial charge in [-0.25, -0.2) is 0 Å². The van der Waals surface area contributed by atoms with Crippen molar-refractivity contribution in [1.82, 2.24) is 10.2 Å². The van der Waals surface area contributed by atoms with Crippen LogP contribution in [-0.4, -0.2) is 36.6 Å². The van der Waals surface area contributed by atoms with Crippen LogP contribution in [0.5, 0.6) is 0 Å². The third-order valence-electron chi connectivity index (χ3n) is 5.71. The van der Waals surface area contributed by atoms with Crippen LogP contribution in [-0.2, 0) is 16.1 Å². The minimum Gasteiger partial charge on any atom is -0.377 e. The van der Waals surface area contributed by atoms with E-state index in [2.05, 4.69) is 64.1 Å². The number of ether oxygens (including phenoxy) is 1. The summed E-state index contributed by atoms with van der Waals surface area (Å²) < 4.78 is 5.81. The zero-order chi connectivity index (χ0) is 21.5. The number of rotatable bonds is 9. The summed E-state index contributed by atoms with van der Waals surface area (Å²) in [6.07, 6.45) is 2.42. The highest BCUT2D eigenvalue weighted by Gasteiger charge is 2.22. The fourth-order valence-corrected chi connectivity index (χ4v) is 4.80. The Morgan fingerprint density at radius 2 is 1.87 bits per heavy atom. The lowest BCUT2D eigenvalue weighted by Gasteiger charge is -2.25. The molecule has 1 aliphatic rings. The number of hydrogen-bond acceptors (Lipinski definition) is 4. The monoisotopic (exact) mass is 434 g/mol. The molecule has 1 fully saturated rings. The maximum absolute atomic E-state index is 12.8. The van der Waals surface area contributed by atoms with Crippen molar-refractivity contribution in [2.24, 2.45) is 0 Å². The summed E-state index contributed by atoms with van der Waals surface area (Å²) in [6, 6.07) is 22.9. The molecule has 0 aliphatic carbocycles. The Morgan fingerprint density at radius 3 is 2.55 bits per heavy atom. The van der Waals surface area contributed by atoms with Gasteiger partial charge in [0.25, 0.3) is 0 Å². The van der Waals surface area contributed by atoms with Gasteiger partial charge in [-0.2, -0.15) is 0 Å². The minimum atomic E-state index is -0.0383. The van der Waals surface area contributed by atoms with Crippen molar-refractivity contribution < 1.29 is 9.53 Å². The highest BCUT2D eigenvalue weighted by molar-refractivity contribution is 7.09. The topological polar surface area (TPSA) is 41.6 Å². The van der Waals surface area contributed by atoms with E-state index < -0.39 is 0 Å². The number of hydrogen-bond donors (Lipinski definition) is 1. The van der Waals surface area contributed by atoms with Gasteiger partial charge in [-0.05, 0) is 47.9 Å². The van der Waals surface area contributed by atoms with E-state index in [4.69, 9.17) is 4.74 Å². The number of amides is 1. The first-order valence-electron chi connectivity index (χ1n) is 11.0. The van der Waals surface area contributed by atoms with Crippen LogP contribution in [0.15, 0.2) is 72.1 Å². The maximum Gasteiger partial charge on any atom is 0.234 e. The quantitative estimate of drug-likeness (QED) is 0.499. The molecule has 0 saturated carbocycles. The van der Waals surface area contributed by atoms with E-state index in [-0.39, 0.29) is 18.1 Å². The molecule has 31 heavy (non-hydrogen) atoms. The Kier molecular flexibility index (Phi) is 7.52. The predicted molar refractivity (Wildman–Crippen MR) is 127 cm³/mol. The largest absolute Gasteiger partial charge is 0.377 e. The molecule has 2 unspecified atom stereocenters. The first-order valence-corrected chi connectivity index (χ1v) is 11.9. The zero-order valence-electron chi connectivity index (χ0n) is 18.0. The van der Waals surface area contributed by atoms with Gasteiger partial charge in [0.2, 0.25) is 5.91 Å². The van der Waals surface area contributed by atoms with Crippen molar-refractivity contribution in [3.8, 4) is 11.1 Å². The molecule has 2 heterocycles. The van der Waals surface area contributed by atoms with Crippen LogP contribution >= 0.6 is 11.3 Å². The molecular formula is C26H30N2O2S. The van der Waals surface area contributed by atoms with Crippen LogP contribution in [0.4, 0.5) is 0 Å². The van der Waals surface area contributed by atoms with Gasteiger partial charge in [0.15, 0.2) is 0 Å². The Balaban J connectivity index is 1.35. The normalized spacial score (nSPS) is 17.0. The average molecular weight is 435 g/mol. The van der Waals surface area contributed by atoms with E-state index in [0.717, 1.165) is 38.1 Å². The van der Waals surface area contributed by atoms with Crippen molar-refractivity contribution in [2.75, 3.05) is 19.7 Å². The van der Waals surface area contributed by atoms with Crippen LogP contribution < -0.4 is 5.32 Å². The molecule has 4 nitrogen and oxygen atoms in total. The first-order chi connectivity index (χ1) is 15.2. The summed E-state index contributed by atoms with van der Waals surface area (Å²) >= 11 is 1.73. The molecule has 0 spiro atoms. The van der Waals surface area contributed by atoms with E-state index in [1.54, 1.807) is 11.3 Å². The zero-order valence-corrected chi connectivity index (χ0v) is 18.8. The molecule has 1 saturated heterocycles. The predicted octanol–water partition coefficient (Wildman–Crippen LogP) is 5.27. The number of thiophene rings is 1. The van der Waals surface area contributed by atoms with Crippen molar-refractivity contribution in [1.29, 1.82) is 0 Å². The summed E-state index contributed by atoms with van der Waals surface area (Å²) in [5.41, 5.74) is 3.49. The minimum absolute atomic E-state index is 0.0383. The lowest BCUT2D eigenvalue weighted by atomic mass is 10.0. The highest BCUT2D eigenvalue weighted by Crippen LogP contribution is 2.22. The summed E-state index contributed by atoms with van der Waals surface area (Å²) in [5.74, 6) is 0.0502. The van der Waals surface area contributed by atoms with Crippen LogP contribution in [0.1, 0.15) is 36.2 Å². The fraction of sp³-hybridized carbons (Fsp3) is 0.346. The molecule has 4 rings (SSSR count). The van der Waals surface area contributed by atoms with Crippen LogP contribution in [0.3, 0.4) is 0 Å². The number of nitrogens with zero attached hydrogens (tertiary/aromatic N) is 1. The van der Waals surface area contributed by atoms with Crippen LogP contribution in [0, 0.1) is 0 Å². The highest BCUT2D eigenvalue weighted by atomic mass is 32.1. The van der Waals surface area contributed by atoms with Gasteiger partial charge in [-0.1, -0.05) is 60.7 Å². The molecule has 5 heteroatoms. The first kappa shape index (κ1) is 21.8. The van der Waals surface area contributed by atoms with Gasteiger partial charge >= 0.3 is 0 Å². The van der Waals surface area contributed by atoms with Crippen molar-refractivity contribution in [3.63, 3.8) is 0 Å². The second-order valence-corrected chi connectivity index (χ2v) is 9.19. The average Bonchev–Trinajstić information content (AvgIpc) is 3.49. The Labute approximate surface area is 188 Å². The van der Waals surface area contributed by atoms with Gasteiger partial charge in [0.05, 0.1) is 18.7 Å². The lowest BCUT2D eigenvalue weighted by molar-refractivity contribution is -0.123. The summed E-state index contributed by atoms with van der Waals surface area (Å²) in [4.78, 5) is 16.3. The molecule has 0 radical (unpaired) electrons. The molecule has 2 atom stereocenters. The molecule has 1 aromatic heterocycles. The lowest BCUT2D eigenvalue weighted by Crippen LogP contribution is -2.41. The number of nitrogens with one attached hydrogen (secondary N) is 1. The molecule has 162 valence electrons. The van der Waals surface area contributed by atoms with Gasteiger partial charge in [0.1, 0.15) is 0 Å². The van der Waals surface area contributed by atoms with E-state index in [1.165, 1.54) is 16.0 Å². The molecule has 1 amide bonds. The summed E-state index contributed by atoms with van der Waals surface area (Å²) in [7, 11) is 0. The fourth-order valence-electron chi connectivity index (χ4n) is 4.05. The van der Waals surface area contributed by atoms with Gasteiger partial charge < -0.3 is 10.1 Å². The Morgan fingerprint density at radius 1 is 1.10 bits per heavy atom. The van der Waals surface area contributed by atoms with Crippen LogP contribution in [0.2, 0.25) is 0 Å². The summed E-state index contributed by atoms with van der Waals surface area (Å²) in [6.45, 7) is 4.83. The van der Waals surface area contributed by atoms with Gasteiger partial charge in [-0.15, -0.1) is 11.3 Å². The molecule has 2 aromatic carbocycles. The van der Waals surface area contributed by atoms with E-state index >= 15 is 0 Å². The number of benzene rings is 2. The SMILES string of the molecule is CC(NC(=O)CN(Cc1cccs1)CC1CCCO1)c1ccc(-c2ccccc2)cc1. The van der Waals surface area contributed by atoms with Gasteiger partial charge in [-0.3, -0.25) is 9.69 Å². The molecule has 1 N–H and O–H groups in total. The second-order valence-electron chi connectivity index (χ2n) is 8.16. The molecule has 3 aromatic rings. The van der Waals surface area contributed by atoms with E-state index in [0.29, 0.717) is 6.54 Å². The van der Waals surface area contributed by atoms with Gasteiger partial charge in [0, 0.05) is 24.6 Å². The Bertz CT molecular complexity index is 935. The second kappa shape index (κ2) is 10.7. The maximum atomic E-state index is 12.8. The molecule has 0 bridgehead atoms. The standard InChI is InChI=1S/C26H30N2O2S/c1-20(21-11-13-23(14-12-21)22-7-3-2-4-8-22)27-26(29)19-28(17-24-9-5-15-30-24)18-25-10-6-16-31-25/h2-4,6-8,10-14,16,20,24H,5,9,15,17-19H2,1H3,(H,27,29). The number of carbonyl (C=O) groups is 1. The van der Waals surface area contributed by atoms with E-state index in [9.17, 15) is 4.79 Å². The van der Waals surface area contributed by atoms with Crippen molar-refractivity contribution >= 4 is 17.2 Å². The van der Waals surface area contributed by atoms with Crippen molar-refractivity contribution in [2.45, 2.75) is 38.5 Å². The van der Waals surface area contributed by atoms with Crippen molar-refractivity contribution in [3.05, 3.63) is 82.6 Å². The Hall–Kier alpha value is -2.47. The third-order valence-corrected chi connectivity index (χ3v) is 6.57. The number of carbonyl (C=O) groups excluding carboxylic acids is 1. The van der Waals surface area contributed by atoms with Crippen LogP contribution in [0.25, 0.3) is 11.1 Å².